The number of ether oxygens (including phenoxy) is 1. The number of rotatable bonds is 3. The van der Waals surface area contributed by atoms with Crippen LogP contribution >= 0.6 is 0 Å². The third-order valence-electron chi connectivity index (χ3n) is 2.33. The van der Waals surface area contributed by atoms with Gasteiger partial charge in [0, 0.05) is 11.8 Å². The largest absolute Gasteiger partial charge is 0.490 e. The van der Waals surface area contributed by atoms with Gasteiger partial charge in [0.25, 0.3) is 0 Å². The number of benzene rings is 1. The molecule has 0 spiro atoms. The lowest BCUT2D eigenvalue weighted by atomic mass is 10.1. The summed E-state index contributed by atoms with van der Waals surface area (Å²) in [5, 5.41) is 0. The quantitative estimate of drug-likeness (QED) is 0.749. The molecular weight excluding hydrogens is 174 g/mol. The van der Waals surface area contributed by atoms with E-state index in [4.69, 9.17) is 10.5 Å². The Morgan fingerprint density at radius 3 is 2.29 bits per heavy atom. The number of nitrogen functional groups attached to an aromatic ring is 1. The van der Waals surface area contributed by atoms with Gasteiger partial charge in [-0.25, -0.2) is 0 Å². The molecule has 0 bridgehead atoms. The Bertz CT molecular complexity index is 287. The minimum atomic E-state index is 0.219. The van der Waals surface area contributed by atoms with Gasteiger partial charge in [0.15, 0.2) is 0 Å². The van der Waals surface area contributed by atoms with E-state index < -0.39 is 0 Å². The van der Waals surface area contributed by atoms with Gasteiger partial charge < -0.3 is 10.5 Å². The molecule has 2 nitrogen and oxygen atoms in total. The molecule has 0 fully saturated rings. The van der Waals surface area contributed by atoms with Gasteiger partial charge in [-0.05, 0) is 37.5 Å². The first-order valence-electron chi connectivity index (χ1n) is 5.03. The van der Waals surface area contributed by atoms with Crippen molar-refractivity contribution in [3.05, 3.63) is 23.8 Å². The molecule has 1 rings (SSSR count). The van der Waals surface area contributed by atoms with E-state index in [1.807, 2.05) is 25.1 Å². The van der Waals surface area contributed by atoms with Crippen molar-refractivity contribution < 1.29 is 4.74 Å². The zero-order chi connectivity index (χ0) is 10.7. The molecule has 1 aromatic carbocycles. The fourth-order valence-corrected chi connectivity index (χ4v) is 1.20. The van der Waals surface area contributed by atoms with E-state index in [-0.39, 0.29) is 6.10 Å². The molecule has 1 atom stereocenters. The van der Waals surface area contributed by atoms with E-state index in [9.17, 15) is 0 Å². The standard InChI is InChI=1S/C12H19NO/c1-8(2)10(4)14-12-6-9(3)5-11(13)7-12/h5-8,10H,13H2,1-4H3. The van der Waals surface area contributed by atoms with Gasteiger partial charge in [0.05, 0.1) is 6.10 Å². The summed E-state index contributed by atoms with van der Waals surface area (Å²) in [7, 11) is 0. The Morgan fingerprint density at radius 2 is 1.79 bits per heavy atom. The smallest absolute Gasteiger partial charge is 0.122 e. The second-order valence-electron chi connectivity index (χ2n) is 4.15. The molecule has 0 aliphatic heterocycles. The highest BCUT2D eigenvalue weighted by atomic mass is 16.5. The van der Waals surface area contributed by atoms with E-state index in [1.165, 1.54) is 0 Å². The maximum Gasteiger partial charge on any atom is 0.122 e. The average Bonchev–Trinajstić information content (AvgIpc) is 2.01. The Balaban J connectivity index is 2.76. The lowest BCUT2D eigenvalue weighted by Gasteiger charge is -2.18. The molecule has 0 saturated heterocycles. The second-order valence-corrected chi connectivity index (χ2v) is 4.15. The van der Waals surface area contributed by atoms with E-state index >= 15 is 0 Å². The number of hydrogen-bond acceptors (Lipinski definition) is 2. The minimum Gasteiger partial charge on any atom is -0.490 e. The highest BCUT2D eigenvalue weighted by molar-refractivity contribution is 5.47. The van der Waals surface area contributed by atoms with Crippen molar-refractivity contribution in [1.29, 1.82) is 0 Å². The molecule has 0 aliphatic rings. The van der Waals surface area contributed by atoms with Gasteiger partial charge in [-0.2, -0.15) is 0 Å². The number of aryl methyl sites for hydroxylation is 1. The van der Waals surface area contributed by atoms with Crippen LogP contribution in [0.25, 0.3) is 0 Å². The van der Waals surface area contributed by atoms with Crippen molar-refractivity contribution in [2.45, 2.75) is 33.8 Å². The minimum absolute atomic E-state index is 0.219. The third-order valence-corrected chi connectivity index (χ3v) is 2.33. The van der Waals surface area contributed by atoms with Gasteiger partial charge in [-0.3, -0.25) is 0 Å². The highest BCUT2D eigenvalue weighted by Gasteiger charge is 2.08. The molecule has 0 saturated carbocycles. The van der Waals surface area contributed by atoms with Gasteiger partial charge >= 0.3 is 0 Å². The van der Waals surface area contributed by atoms with E-state index in [1.54, 1.807) is 0 Å². The summed E-state index contributed by atoms with van der Waals surface area (Å²) in [6, 6.07) is 5.81. The molecule has 1 unspecified atom stereocenters. The molecular formula is C12H19NO. The second kappa shape index (κ2) is 4.36. The van der Waals surface area contributed by atoms with Crippen molar-refractivity contribution >= 4 is 5.69 Å². The van der Waals surface area contributed by atoms with Crippen LogP contribution in [0.3, 0.4) is 0 Å². The SMILES string of the molecule is Cc1cc(N)cc(OC(C)C(C)C)c1. The first-order valence-corrected chi connectivity index (χ1v) is 5.03. The Morgan fingerprint density at radius 1 is 1.14 bits per heavy atom. The lowest BCUT2D eigenvalue weighted by Crippen LogP contribution is -2.18. The molecule has 2 heteroatoms. The van der Waals surface area contributed by atoms with Crippen LogP contribution in [0.5, 0.6) is 5.75 Å². The van der Waals surface area contributed by atoms with Crippen LogP contribution in [-0.4, -0.2) is 6.10 Å². The predicted octanol–water partition coefficient (Wildman–Crippen LogP) is 3.00. The first-order chi connectivity index (χ1) is 6.49. The van der Waals surface area contributed by atoms with Gasteiger partial charge in [0.2, 0.25) is 0 Å². The van der Waals surface area contributed by atoms with Gasteiger partial charge in [0.1, 0.15) is 5.75 Å². The Labute approximate surface area is 86.1 Å². The van der Waals surface area contributed by atoms with Crippen LogP contribution in [0.2, 0.25) is 0 Å². The number of hydrogen-bond donors (Lipinski definition) is 1. The highest BCUT2D eigenvalue weighted by Crippen LogP contribution is 2.20. The fourth-order valence-electron chi connectivity index (χ4n) is 1.20. The monoisotopic (exact) mass is 193 g/mol. The molecule has 0 radical (unpaired) electrons. The summed E-state index contributed by atoms with van der Waals surface area (Å²) in [5.41, 5.74) is 7.63. The molecule has 0 amide bonds. The molecule has 1 aromatic rings. The summed E-state index contributed by atoms with van der Waals surface area (Å²) in [6.07, 6.45) is 0.219. The van der Waals surface area contributed by atoms with Crippen LogP contribution in [0.15, 0.2) is 18.2 Å². The van der Waals surface area contributed by atoms with Crippen LogP contribution in [0.1, 0.15) is 26.3 Å². The van der Waals surface area contributed by atoms with E-state index in [0.717, 1.165) is 17.0 Å². The number of anilines is 1. The fraction of sp³-hybridized carbons (Fsp3) is 0.500. The third kappa shape index (κ3) is 2.95. The summed E-state index contributed by atoms with van der Waals surface area (Å²) < 4.78 is 5.76. The van der Waals surface area contributed by atoms with Crippen molar-refractivity contribution in [2.24, 2.45) is 5.92 Å². The predicted molar refractivity (Wildman–Crippen MR) is 60.5 cm³/mol. The zero-order valence-electron chi connectivity index (χ0n) is 9.37. The maximum atomic E-state index is 5.76. The molecule has 2 N–H and O–H groups in total. The molecule has 0 aromatic heterocycles. The maximum absolute atomic E-state index is 5.76. The van der Waals surface area contributed by atoms with Crippen molar-refractivity contribution in [2.75, 3.05) is 5.73 Å². The van der Waals surface area contributed by atoms with Gasteiger partial charge in [-0.15, -0.1) is 0 Å². The molecule has 14 heavy (non-hydrogen) atoms. The van der Waals surface area contributed by atoms with Crippen molar-refractivity contribution in [1.82, 2.24) is 0 Å². The molecule has 0 aliphatic carbocycles. The van der Waals surface area contributed by atoms with Crippen LogP contribution < -0.4 is 10.5 Å². The summed E-state index contributed by atoms with van der Waals surface area (Å²) >= 11 is 0. The zero-order valence-corrected chi connectivity index (χ0v) is 9.37. The van der Waals surface area contributed by atoms with Crippen molar-refractivity contribution in [3.63, 3.8) is 0 Å². The summed E-state index contributed by atoms with van der Waals surface area (Å²) in [6.45, 7) is 8.38. The Hall–Kier alpha value is -1.18. The number of nitrogens with two attached hydrogens (primary N) is 1. The van der Waals surface area contributed by atoms with Crippen LogP contribution in [0, 0.1) is 12.8 Å². The Kier molecular flexibility index (Phi) is 3.39. The van der Waals surface area contributed by atoms with E-state index in [0.29, 0.717) is 5.92 Å². The summed E-state index contributed by atoms with van der Waals surface area (Å²) in [4.78, 5) is 0. The van der Waals surface area contributed by atoms with Gasteiger partial charge in [-0.1, -0.05) is 13.8 Å². The first kappa shape index (κ1) is 10.9. The lowest BCUT2D eigenvalue weighted by molar-refractivity contribution is 0.170. The van der Waals surface area contributed by atoms with Crippen LogP contribution in [0.4, 0.5) is 5.69 Å². The van der Waals surface area contributed by atoms with Crippen molar-refractivity contribution in [3.8, 4) is 5.75 Å². The normalized spacial score (nSPS) is 12.9. The molecule has 0 heterocycles. The average molecular weight is 193 g/mol. The summed E-state index contributed by atoms with van der Waals surface area (Å²) in [5.74, 6) is 1.38. The topological polar surface area (TPSA) is 35.2 Å². The molecule has 78 valence electrons. The van der Waals surface area contributed by atoms with E-state index in [2.05, 4.69) is 20.8 Å². The van der Waals surface area contributed by atoms with Crippen LogP contribution in [-0.2, 0) is 0 Å².